The Bertz CT molecular complexity index is 573. The highest BCUT2D eigenvalue weighted by Crippen LogP contribution is 2.26. The van der Waals surface area contributed by atoms with Crippen molar-refractivity contribution in [1.82, 2.24) is 0 Å². The summed E-state index contributed by atoms with van der Waals surface area (Å²) < 4.78 is 0. The van der Waals surface area contributed by atoms with E-state index in [2.05, 4.69) is 6.07 Å². The minimum absolute atomic E-state index is 0.188. The molecule has 0 heterocycles. The molecule has 2 aromatic rings. The lowest BCUT2D eigenvalue weighted by Gasteiger charge is -2.11. The number of benzene rings is 2. The molecule has 2 nitrogen and oxygen atoms in total. The monoisotopic (exact) mass is 256 g/mol. The summed E-state index contributed by atoms with van der Waals surface area (Å²) in [5, 5.41) is 9.89. The maximum absolute atomic E-state index is 9.27. The lowest BCUT2D eigenvalue weighted by Crippen LogP contribution is -2.01. The molecular formula is C15H13ClN2. The standard InChI is InChI=1S/C15H13ClN2/c16-15-9-14(18)7-6-12(15)8-13(10-17)11-4-2-1-3-5-11/h1-7,9,13H,8,18H2. The first-order valence-electron chi connectivity index (χ1n) is 5.69. The maximum atomic E-state index is 9.27. The maximum Gasteiger partial charge on any atom is 0.0753 e. The molecule has 0 fully saturated rings. The van der Waals surface area contributed by atoms with E-state index in [9.17, 15) is 5.26 Å². The molecular weight excluding hydrogens is 244 g/mol. The fourth-order valence-electron chi connectivity index (χ4n) is 1.87. The van der Waals surface area contributed by atoms with Gasteiger partial charge in [0, 0.05) is 10.7 Å². The average molecular weight is 257 g/mol. The minimum Gasteiger partial charge on any atom is -0.399 e. The number of nitrogens with zero attached hydrogens (tertiary/aromatic N) is 1. The summed E-state index contributed by atoms with van der Waals surface area (Å²) in [7, 11) is 0. The Morgan fingerprint density at radius 2 is 1.89 bits per heavy atom. The van der Waals surface area contributed by atoms with Gasteiger partial charge in [0.15, 0.2) is 0 Å². The predicted octanol–water partition coefficient (Wildman–Crippen LogP) is 3.77. The van der Waals surface area contributed by atoms with Crippen LogP contribution >= 0.6 is 11.6 Å². The summed E-state index contributed by atoms with van der Waals surface area (Å²) in [5.41, 5.74) is 8.24. The number of nitrogen functional groups attached to an aromatic ring is 1. The Morgan fingerprint density at radius 3 is 2.50 bits per heavy atom. The molecule has 0 aliphatic rings. The normalized spacial score (nSPS) is 11.8. The number of nitriles is 1. The van der Waals surface area contributed by atoms with E-state index < -0.39 is 0 Å². The van der Waals surface area contributed by atoms with E-state index >= 15 is 0 Å². The SMILES string of the molecule is N#CC(Cc1ccc(N)cc1Cl)c1ccccc1. The van der Waals surface area contributed by atoms with Crippen molar-refractivity contribution in [2.24, 2.45) is 0 Å². The van der Waals surface area contributed by atoms with Crippen LogP contribution in [0.2, 0.25) is 5.02 Å². The van der Waals surface area contributed by atoms with E-state index in [1.165, 1.54) is 0 Å². The van der Waals surface area contributed by atoms with Gasteiger partial charge >= 0.3 is 0 Å². The van der Waals surface area contributed by atoms with Crippen molar-refractivity contribution >= 4 is 17.3 Å². The number of rotatable bonds is 3. The predicted molar refractivity (Wildman–Crippen MR) is 74.4 cm³/mol. The molecule has 0 bridgehead atoms. The topological polar surface area (TPSA) is 49.8 Å². The molecule has 0 saturated carbocycles. The van der Waals surface area contributed by atoms with Gasteiger partial charge in [-0.2, -0.15) is 5.26 Å². The third-order valence-corrected chi connectivity index (χ3v) is 3.21. The number of nitrogens with two attached hydrogens (primary N) is 1. The van der Waals surface area contributed by atoms with Crippen molar-refractivity contribution in [2.75, 3.05) is 5.73 Å². The van der Waals surface area contributed by atoms with Crippen molar-refractivity contribution in [1.29, 1.82) is 5.26 Å². The fraction of sp³-hybridized carbons (Fsp3) is 0.133. The van der Waals surface area contributed by atoms with Crippen LogP contribution in [0.25, 0.3) is 0 Å². The number of anilines is 1. The average Bonchev–Trinajstić information content (AvgIpc) is 2.39. The molecule has 2 aromatic carbocycles. The van der Waals surface area contributed by atoms with Crippen molar-refractivity contribution < 1.29 is 0 Å². The highest BCUT2D eigenvalue weighted by atomic mass is 35.5. The van der Waals surface area contributed by atoms with Crippen molar-refractivity contribution in [3.05, 3.63) is 64.7 Å². The largest absolute Gasteiger partial charge is 0.399 e. The van der Waals surface area contributed by atoms with Crippen LogP contribution in [0.5, 0.6) is 0 Å². The van der Waals surface area contributed by atoms with Gasteiger partial charge < -0.3 is 5.73 Å². The Balaban J connectivity index is 2.24. The second-order valence-corrected chi connectivity index (χ2v) is 4.55. The summed E-state index contributed by atoms with van der Waals surface area (Å²) in [6.45, 7) is 0. The highest BCUT2D eigenvalue weighted by Gasteiger charge is 2.13. The molecule has 2 rings (SSSR count). The molecule has 1 unspecified atom stereocenters. The van der Waals surface area contributed by atoms with Gasteiger partial charge in [-0.05, 0) is 29.7 Å². The Labute approximate surface area is 112 Å². The fourth-order valence-corrected chi connectivity index (χ4v) is 2.14. The zero-order valence-electron chi connectivity index (χ0n) is 9.81. The van der Waals surface area contributed by atoms with Crippen molar-refractivity contribution in [2.45, 2.75) is 12.3 Å². The van der Waals surface area contributed by atoms with Crippen molar-refractivity contribution in [3.8, 4) is 6.07 Å². The smallest absolute Gasteiger partial charge is 0.0753 e. The first-order valence-corrected chi connectivity index (χ1v) is 6.07. The van der Waals surface area contributed by atoms with E-state index in [-0.39, 0.29) is 5.92 Å². The van der Waals surface area contributed by atoms with E-state index in [0.717, 1.165) is 11.1 Å². The Hall–Kier alpha value is -1.98. The summed E-state index contributed by atoms with van der Waals surface area (Å²) in [4.78, 5) is 0. The molecule has 0 spiro atoms. The zero-order valence-corrected chi connectivity index (χ0v) is 10.6. The van der Waals surface area contributed by atoms with Crippen LogP contribution in [0.15, 0.2) is 48.5 Å². The van der Waals surface area contributed by atoms with Gasteiger partial charge in [0.2, 0.25) is 0 Å². The lowest BCUT2D eigenvalue weighted by molar-refractivity contribution is 0.849. The van der Waals surface area contributed by atoms with Gasteiger partial charge in [-0.25, -0.2) is 0 Å². The second-order valence-electron chi connectivity index (χ2n) is 4.15. The molecule has 0 saturated heterocycles. The summed E-state index contributed by atoms with van der Waals surface area (Å²) in [6, 6.07) is 17.4. The van der Waals surface area contributed by atoms with E-state index in [4.69, 9.17) is 17.3 Å². The van der Waals surface area contributed by atoms with Gasteiger partial charge in [-0.1, -0.05) is 48.0 Å². The molecule has 2 N–H and O–H groups in total. The number of hydrogen-bond acceptors (Lipinski definition) is 2. The lowest BCUT2D eigenvalue weighted by atomic mass is 9.93. The van der Waals surface area contributed by atoms with E-state index in [1.807, 2.05) is 36.4 Å². The second kappa shape index (κ2) is 5.57. The van der Waals surface area contributed by atoms with Gasteiger partial charge in [-0.15, -0.1) is 0 Å². The molecule has 1 atom stereocenters. The third-order valence-electron chi connectivity index (χ3n) is 2.86. The quantitative estimate of drug-likeness (QED) is 0.850. The minimum atomic E-state index is -0.188. The van der Waals surface area contributed by atoms with Crippen LogP contribution in [0, 0.1) is 11.3 Å². The molecule has 0 amide bonds. The van der Waals surface area contributed by atoms with Gasteiger partial charge in [-0.3, -0.25) is 0 Å². The van der Waals surface area contributed by atoms with Crippen LogP contribution in [0.4, 0.5) is 5.69 Å². The van der Waals surface area contributed by atoms with Crippen LogP contribution in [0.1, 0.15) is 17.0 Å². The molecule has 3 heteroatoms. The van der Waals surface area contributed by atoms with Crippen LogP contribution in [-0.4, -0.2) is 0 Å². The zero-order chi connectivity index (χ0) is 13.0. The number of hydrogen-bond donors (Lipinski definition) is 1. The molecule has 0 aromatic heterocycles. The van der Waals surface area contributed by atoms with Crippen LogP contribution in [-0.2, 0) is 6.42 Å². The summed E-state index contributed by atoms with van der Waals surface area (Å²) >= 11 is 6.13. The molecule has 18 heavy (non-hydrogen) atoms. The Morgan fingerprint density at radius 1 is 1.17 bits per heavy atom. The van der Waals surface area contributed by atoms with Crippen molar-refractivity contribution in [3.63, 3.8) is 0 Å². The number of halogens is 1. The highest BCUT2D eigenvalue weighted by molar-refractivity contribution is 6.31. The Kier molecular flexibility index (Phi) is 3.86. The van der Waals surface area contributed by atoms with Gasteiger partial charge in [0.25, 0.3) is 0 Å². The molecule has 0 radical (unpaired) electrons. The van der Waals surface area contributed by atoms with Crippen LogP contribution < -0.4 is 5.73 Å². The first-order chi connectivity index (χ1) is 8.70. The first kappa shape index (κ1) is 12.5. The van der Waals surface area contributed by atoms with E-state index in [1.54, 1.807) is 12.1 Å². The van der Waals surface area contributed by atoms with Crippen LogP contribution in [0.3, 0.4) is 0 Å². The van der Waals surface area contributed by atoms with E-state index in [0.29, 0.717) is 17.1 Å². The van der Waals surface area contributed by atoms with Gasteiger partial charge in [0.1, 0.15) is 0 Å². The molecule has 0 aliphatic heterocycles. The molecule has 90 valence electrons. The van der Waals surface area contributed by atoms with Gasteiger partial charge in [0.05, 0.1) is 12.0 Å². The molecule has 0 aliphatic carbocycles. The summed E-state index contributed by atoms with van der Waals surface area (Å²) in [6.07, 6.45) is 0.597. The third kappa shape index (κ3) is 2.82. The summed E-state index contributed by atoms with van der Waals surface area (Å²) in [5.74, 6) is -0.188.